The molecule has 0 atom stereocenters. The van der Waals surface area contributed by atoms with Crippen LogP contribution in [0.5, 0.6) is 0 Å². The molecule has 0 aliphatic carbocycles. The number of hydrogen-bond acceptors (Lipinski definition) is 3. The molecule has 1 aromatic heterocycles. The molecule has 0 aliphatic heterocycles. The largest absolute Gasteiger partial charge is 0.280 e. The van der Waals surface area contributed by atoms with E-state index in [4.69, 9.17) is 0 Å². The third-order valence-electron chi connectivity index (χ3n) is 1.74. The van der Waals surface area contributed by atoms with Crippen molar-refractivity contribution in [2.24, 2.45) is 0 Å². The zero-order valence-corrected chi connectivity index (χ0v) is 6.35. The first-order chi connectivity index (χ1) is 6.20. The Morgan fingerprint density at radius 1 is 1.54 bits per heavy atom. The fourth-order valence-electron chi connectivity index (χ4n) is 1.16. The number of nitrogens with zero attached hydrogens (tertiary/aromatic N) is 3. The lowest BCUT2D eigenvalue weighted by Crippen LogP contribution is -1.88. The number of fused-ring (bicyclic) bond motifs is 1. The van der Waals surface area contributed by atoms with E-state index in [9.17, 15) is 14.6 Å². The number of nitro groups is 1. The van der Waals surface area contributed by atoms with Crippen LogP contribution in [0.4, 0.5) is 10.2 Å². The van der Waals surface area contributed by atoms with Gasteiger partial charge in [-0.3, -0.25) is 10.1 Å². The van der Waals surface area contributed by atoms with E-state index in [-0.39, 0.29) is 21.5 Å². The molecule has 13 heavy (non-hydrogen) atoms. The van der Waals surface area contributed by atoms with Gasteiger partial charge in [-0.1, -0.05) is 15.5 Å². The zero-order chi connectivity index (χ0) is 9.42. The monoisotopic (exact) mass is 181 g/mol. The van der Waals surface area contributed by atoms with Crippen LogP contribution in [0.15, 0.2) is 24.4 Å². The molecule has 66 valence electrons. The average Bonchev–Trinajstić information content (AvgIpc) is 2.48. The molecule has 0 amide bonds. The van der Waals surface area contributed by atoms with Crippen LogP contribution in [0.2, 0.25) is 0 Å². The molecular weight excluding hydrogens is 177 g/mol. The Balaban J connectivity index is 2.84. The Hall–Kier alpha value is -1.98. The summed E-state index contributed by atoms with van der Waals surface area (Å²) in [7, 11) is 0. The van der Waals surface area contributed by atoms with E-state index in [0.717, 1.165) is 6.20 Å². The van der Waals surface area contributed by atoms with Gasteiger partial charge < -0.3 is 0 Å². The van der Waals surface area contributed by atoms with Crippen molar-refractivity contribution < 1.29 is 9.40 Å². The topological polar surface area (TPSA) is 61.0 Å². The predicted molar refractivity (Wildman–Crippen MR) is 42.9 cm³/mol. The minimum absolute atomic E-state index is 0.106. The fraction of sp³-hybridized carbons (Fsp3) is 0. The van der Waals surface area contributed by atoms with E-state index in [0.29, 0.717) is 0 Å². The Morgan fingerprint density at radius 2 is 2.31 bits per heavy atom. The van der Waals surface area contributed by atoms with Gasteiger partial charge in [0.1, 0.15) is 10.9 Å². The van der Waals surface area contributed by atoms with Gasteiger partial charge in [0.2, 0.25) is 0 Å². The number of nitro benzene ring substituents is 1. The minimum atomic E-state index is -0.565. The Morgan fingerprint density at radius 3 is 3.00 bits per heavy atom. The van der Waals surface area contributed by atoms with Gasteiger partial charge in [0, 0.05) is 6.07 Å². The lowest BCUT2D eigenvalue weighted by Gasteiger charge is -1.91. The van der Waals surface area contributed by atoms with Gasteiger partial charge in [0.25, 0.3) is 5.69 Å². The van der Waals surface area contributed by atoms with Gasteiger partial charge in [0.05, 0.1) is 11.1 Å². The molecule has 0 unspecified atom stereocenters. The molecule has 2 aromatic rings. The smallest absolute Gasteiger partial charge is 0.258 e. The first-order valence-electron chi connectivity index (χ1n) is 3.47. The Bertz CT molecular complexity index is 480. The molecule has 0 saturated carbocycles. The molecule has 1 heterocycles. The van der Waals surface area contributed by atoms with Crippen molar-refractivity contribution in [3.63, 3.8) is 0 Å². The normalized spacial score (nSPS) is 10.5. The molecule has 0 bridgehead atoms. The SMILES string of the molecule is O=[N+]([O-])c1cccc2c1cnn2F. The zero-order valence-electron chi connectivity index (χ0n) is 6.35. The number of halogens is 1. The van der Waals surface area contributed by atoms with E-state index in [1.54, 1.807) is 0 Å². The third-order valence-corrected chi connectivity index (χ3v) is 1.74. The highest BCUT2D eigenvalue weighted by atomic mass is 19.2. The van der Waals surface area contributed by atoms with Gasteiger partial charge in [-0.2, -0.15) is 0 Å². The maximum absolute atomic E-state index is 12.8. The van der Waals surface area contributed by atoms with Crippen LogP contribution in [0.3, 0.4) is 0 Å². The van der Waals surface area contributed by atoms with Crippen LogP contribution in [-0.2, 0) is 0 Å². The molecule has 0 radical (unpaired) electrons. The highest BCUT2D eigenvalue weighted by Gasteiger charge is 2.14. The van der Waals surface area contributed by atoms with Gasteiger partial charge in [-0.15, -0.1) is 5.10 Å². The molecule has 0 spiro atoms. The van der Waals surface area contributed by atoms with E-state index in [1.165, 1.54) is 18.2 Å². The van der Waals surface area contributed by atoms with E-state index < -0.39 is 4.92 Å². The number of aromatic nitrogens is 2. The van der Waals surface area contributed by atoms with Gasteiger partial charge in [-0.05, 0) is 6.07 Å². The summed E-state index contributed by atoms with van der Waals surface area (Å²) < 4.78 is 12.8. The van der Waals surface area contributed by atoms with Gasteiger partial charge >= 0.3 is 0 Å². The van der Waals surface area contributed by atoms with Crippen molar-refractivity contribution in [3.8, 4) is 0 Å². The summed E-state index contributed by atoms with van der Waals surface area (Å²) in [6.45, 7) is 0. The number of hydrogen-bond donors (Lipinski definition) is 0. The summed E-state index contributed by atoms with van der Waals surface area (Å²) in [6, 6.07) is 4.15. The van der Waals surface area contributed by atoms with Gasteiger partial charge in [-0.25, -0.2) is 0 Å². The fourth-order valence-corrected chi connectivity index (χ4v) is 1.16. The third kappa shape index (κ3) is 1.03. The summed E-state index contributed by atoms with van der Waals surface area (Å²) >= 11 is 0. The van der Waals surface area contributed by atoms with Crippen molar-refractivity contribution in [2.75, 3.05) is 0 Å². The van der Waals surface area contributed by atoms with Crippen LogP contribution in [0.1, 0.15) is 0 Å². The second-order valence-electron chi connectivity index (χ2n) is 2.47. The van der Waals surface area contributed by atoms with Crippen molar-refractivity contribution in [1.29, 1.82) is 0 Å². The average molecular weight is 181 g/mol. The molecule has 0 aliphatic rings. The summed E-state index contributed by atoms with van der Waals surface area (Å²) in [5, 5.41) is 14.0. The Kier molecular flexibility index (Phi) is 1.48. The van der Waals surface area contributed by atoms with Crippen LogP contribution < -0.4 is 0 Å². The van der Waals surface area contributed by atoms with Crippen LogP contribution in [0, 0.1) is 10.1 Å². The highest BCUT2D eigenvalue weighted by molar-refractivity contribution is 5.87. The van der Waals surface area contributed by atoms with E-state index >= 15 is 0 Å². The molecule has 6 heteroatoms. The van der Waals surface area contributed by atoms with Crippen LogP contribution in [-0.4, -0.2) is 14.9 Å². The maximum Gasteiger partial charge on any atom is 0.280 e. The highest BCUT2D eigenvalue weighted by Crippen LogP contribution is 2.24. The van der Waals surface area contributed by atoms with Crippen LogP contribution in [0.25, 0.3) is 10.9 Å². The number of non-ortho nitro benzene ring substituents is 1. The molecule has 2 rings (SSSR count). The summed E-state index contributed by atoms with van der Waals surface area (Å²) in [4.78, 5) is 10.0. The summed E-state index contributed by atoms with van der Waals surface area (Å²) in [5.41, 5.74) is -0.0319. The summed E-state index contributed by atoms with van der Waals surface area (Å²) in [5.74, 6) is 0. The molecule has 0 fully saturated rings. The molecule has 0 saturated heterocycles. The lowest BCUT2D eigenvalue weighted by molar-refractivity contribution is -0.383. The minimum Gasteiger partial charge on any atom is -0.258 e. The standard InChI is InChI=1S/C7H4FN3O2/c8-10-6-2-1-3-7(11(12)13)5(6)4-9-10/h1-4H. The van der Waals surface area contributed by atoms with Crippen LogP contribution >= 0.6 is 0 Å². The van der Waals surface area contributed by atoms with Crippen molar-refractivity contribution in [3.05, 3.63) is 34.5 Å². The first kappa shape index (κ1) is 7.66. The Labute approximate surface area is 71.5 Å². The van der Waals surface area contributed by atoms with Crippen molar-refractivity contribution in [2.45, 2.75) is 0 Å². The van der Waals surface area contributed by atoms with E-state index in [2.05, 4.69) is 5.10 Å². The molecule has 0 N–H and O–H groups in total. The number of benzene rings is 1. The van der Waals surface area contributed by atoms with E-state index in [1.807, 2.05) is 0 Å². The van der Waals surface area contributed by atoms with Crippen molar-refractivity contribution >= 4 is 16.6 Å². The first-order valence-corrected chi connectivity index (χ1v) is 3.47. The molecule has 1 aromatic carbocycles. The van der Waals surface area contributed by atoms with Crippen molar-refractivity contribution in [1.82, 2.24) is 10.0 Å². The maximum atomic E-state index is 12.8. The second kappa shape index (κ2) is 2.51. The predicted octanol–water partition coefficient (Wildman–Crippen LogP) is 1.68. The summed E-state index contributed by atoms with van der Waals surface area (Å²) in [6.07, 6.45) is 1.13. The van der Waals surface area contributed by atoms with Gasteiger partial charge in [0.15, 0.2) is 0 Å². The second-order valence-corrected chi connectivity index (χ2v) is 2.47. The number of rotatable bonds is 1. The molecular formula is C7H4FN3O2. The quantitative estimate of drug-likeness (QED) is 0.496. The lowest BCUT2D eigenvalue weighted by atomic mass is 10.2. The molecule has 5 nitrogen and oxygen atoms in total.